The van der Waals surface area contributed by atoms with Crippen molar-refractivity contribution in [2.75, 3.05) is 19.5 Å². The van der Waals surface area contributed by atoms with Gasteiger partial charge in [-0.1, -0.05) is 23.9 Å². The molecule has 1 aromatic heterocycles. The van der Waals surface area contributed by atoms with Crippen molar-refractivity contribution in [1.82, 2.24) is 20.1 Å². The van der Waals surface area contributed by atoms with Gasteiger partial charge in [0.25, 0.3) is 0 Å². The van der Waals surface area contributed by atoms with Gasteiger partial charge in [0.2, 0.25) is 5.91 Å². The van der Waals surface area contributed by atoms with E-state index in [1.165, 1.54) is 28.5 Å². The first kappa shape index (κ1) is 18.2. The molecule has 9 heteroatoms. The molecule has 0 aliphatic rings. The van der Waals surface area contributed by atoms with Crippen LogP contribution in [-0.2, 0) is 22.6 Å². The van der Waals surface area contributed by atoms with Gasteiger partial charge in [0, 0.05) is 26.8 Å². The SMILES string of the molecule is COCCCn1c(SCC(=O)NCc2ccc(F)cc2)n[nH]c1=O. The predicted octanol–water partition coefficient (Wildman–Crippen LogP) is 1.16. The van der Waals surface area contributed by atoms with E-state index in [2.05, 4.69) is 15.5 Å². The summed E-state index contributed by atoms with van der Waals surface area (Å²) in [6.07, 6.45) is 0.681. The van der Waals surface area contributed by atoms with Crippen LogP contribution in [-0.4, -0.2) is 40.1 Å². The number of carbonyl (C=O) groups excluding carboxylic acids is 1. The number of hydrogen-bond acceptors (Lipinski definition) is 5. The van der Waals surface area contributed by atoms with E-state index >= 15 is 0 Å². The Morgan fingerprint density at radius 2 is 2.17 bits per heavy atom. The summed E-state index contributed by atoms with van der Waals surface area (Å²) in [5.74, 6) is -0.371. The van der Waals surface area contributed by atoms with Gasteiger partial charge in [-0.2, -0.15) is 0 Å². The lowest BCUT2D eigenvalue weighted by atomic mass is 10.2. The van der Waals surface area contributed by atoms with E-state index in [4.69, 9.17) is 4.74 Å². The van der Waals surface area contributed by atoms with Crippen LogP contribution >= 0.6 is 11.8 Å². The smallest absolute Gasteiger partial charge is 0.343 e. The second kappa shape index (κ2) is 9.24. The van der Waals surface area contributed by atoms with Gasteiger partial charge in [-0.3, -0.25) is 9.36 Å². The molecule has 1 heterocycles. The number of aromatic nitrogens is 3. The summed E-state index contributed by atoms with van der Waals surface area (Å²) in [5, 5.41) is 9.51. The zero-order valence-electron chi connectivity index (χ0n) is 13.3. The fraction of sp³-hybridized carbons (Fsp3) is 0.400. The largest absolute Gasteiger partial charge is 0.385 e. The first-order valence-corrected chi connectivity index (χ1v) is 8.37. The molecule has 2 N–H and O–H groups in total. The minimum atomic E-state index is -0.314. The van der Waals surface area contributed by atoms with Gasteiger partial charge in [0.05, 0.1) is 5.75 Å². The van der Waals surface area contributed by atoms with Gasteiger partial charge < -0.3 is 10.1 Å². The van der Waals surface area contributed by atoms with E-state index in [1.807, 2.05) is 0 Å². The average molecular weight is 354 g/mol. The molecule has 0 aliphatic carbocycles. The fourth-order valence-corrected chi connectivity index (χ4v) is 2.76. The zero-order valence-corrected chi connectivity index (χ0v) is 14.1. The van der Waals surface area contributed by atoms with Crippen LogP contribution in [0.3, 0.4) is 0 Å². The topological polar surface area (TPSA) is 89.0 Å². The van der Waals surface area contributed by atoms with Crippen LogP contribution in [0.1, 0.15) is 12.0 Å². The number of benzene rings is 1. The van der Waals surface area contributed by atoms with Crippen LogP contribution in [0.4, 0.5) is 4.39 Å². The highest BCUT2D eigenvalue weighted by atomic mass is 32.2. The molecule has 0 bridgehead atoms. The predicted molar refractivity (Wildman–Crippen MR) is 88.3 cm³/mol. The van der Waals surface area contributed by atoms with Crippen molar-refractivity contribution < 1.29 is 13.9 Å². The van der Waals surface area contributed by atoms with Gasteiger partial charge in [-0.05, 0) is 24.1 Å². The molecule has 0 fully saturated rings. The summed E-state index contributed by atoms with van der Waals surface area (Å²) in [6, 6.07) is 5.92. The minimum absolute atomic E-state index is 0.135. The Bertz CT molecular complexity index is 714. The summed E-state index contributed by atoms with van der Waals surface area (Å²) < 4.78 is 19.3. The molecule has 1 aromatic carbocycles. The van der Waals surface area contributed by atoms with Crippen molar-refractivity contribution in [3.63, 3.8) is 0 Å². The number of aromatic amines is 1. The van der Waals surface area contributed by atoms with Crippen LogP contribution in [0.25, 0.3) is 0 Å². The molecule has 0 saturated carbocycles. The maximum atomic E-state index is 12.8. The molecule has 24 heavy (non-hydrogen) atoms. The fourth-order valence-electron chi connectivity index (χ4n) is 1.96. The molecule has 0 aliphatic heterocycles. The van der Waals surface area contributed by atoms with Crippen molar-refractivity contribution in [3.8, 4) is 0 Å². The summed E-state index contributed by atoms with van der Waals surface area (Å²) in [6.45, 7) is 1.34. The van der Waals surface area contributed by atoms with Crippen LogP contribution in [0.5, 0.6) is 0 Å². The minimum Gasteiger partial charge on any atom is -0.385 e. The number of thioether (sulfide) groups is 1. The van der Waals surface area contributed by atoms with Crippen molar-refractivity contribution >= 4 is 17.7 Å². The number of halogens is 1. The molecule has 0 atom stereocenters. The van der Waals surface area contributed by atoms with Crippen molar-refractivity contribution in [3.05, 3.63) is 46.1 Å². The molecule has 2 aromatic rings. The summed E-state index contributed by atoms with van der Waals surface area (Å²) in [7, 11) is 1.60. The van der Waals surface area contributed by atoms with Crippen LogP contribution in [0.15, 0.2) is 34.2 Å². The number of amides is 1. The number of ether oxygens (including phenoxy) is 1. The summed E-state index contributed by atoms with van der Waals surface area (Å²) >= 11 is 1.18. The number of nitrogens with one attached hydrogen (secondary N) is 2. The molecular weight excluding hydrogens is 335 g/mol. The highest BCUT2D eigenvalue weighted by Gasteiger charge is 2.11. The molecule has 0 spiro atoms. The Morgan fingerprint density at radius 1 is 1.42 bits per heavy atom. The molecule has 0 radical (unpaired) electrons. The quantitative estimate of drug-likeness (QED) is 0.521. The Morgan fingerprint density at radius 3 is 2.88 bits per heavy atom. The van der Waals surface area contributed by atoms with E-state index in [-0.39, 0.29) is 23.2 Å². The third-order valence-corrected chi connectivity index (χ3v) is 4.17. The maximum absolute atomic E-state index is 12.8. The first-order chi connectivity index (χ1) is 11.6. The Labute approximate surface area is 142 Å². The third kappa shape index (κ3) is 5.50. The molecule has 130 valence electrons. The molecule has 0 unspecified atom stereocenters. The van der Waals surface area contributed by atoms with Crippen molar-refractivity contribution in [2.24, 2.45) is 0 Å². The molecule has 0 saturated heterocycles. The molecule has 7 nitrogen and oxygen atoms in total. The highest BCUT2D eigenvalue weighted by Crippen LogP contribution is 2.13. The lowest BCUT2D eigenvalue weighted by molar-refractivity contribution is -0.118. The second-order valence-corrected chi connectivity index (χ2v) is 5.94. The number of hydrogen-bond donors (Lipinski definition) is 2. The third-order valence-electron chi connectivity index (χ3n) is 3.19. The number of carbonyl (C=O) groups is 1. The highest BCUT2D eigenvalue weighted by molar-refractivity contribution is 7.99. The Kier molecular flexibility index (Phi) is 7.01. The number of rotatable bonds is 9. The Balaban J connectivity index is 1.81. The zero-order chi connectivity index (χ0) is 17.4. The number of H-pyrrole nitrogens is 1. The van der Waals surface area contributed by atoms with Crippen LogP contribution in [0, 0.1) is 5.82 Å². The summed E-state index contributed by atoms with van der Waals surface area (Å²) in [5.41, 5.74) is 0.506. The van der Waals surface area contributed by atoms with Crippen molar-refractivity contribution in [1.29, 1.82) is 0 Å². The molecule has 1 amide bonds. The molecular formula is C15H19FN4O3S. The van der Waals surface area contributed by atoms with Gasteiger partial charge >= 0.3 is 5.69 Å². The first-order valence-electron chi connectivity index (χ1n) is 7.38. The monoisotopic (exact) mass is 354 g/mol. The second-order valence-electron chi connectivity index (χ2n) is 5.00. The van der Waals surface area contributed by atoms with Gasteiger partial charge in [0.15, 0.2) is 5.16 Å². The van der Waals surface area contributed by atoms with E-state index in [0.717, 1.165) is 5.56 Å². The molecule has 2 rings (SSSR count). The normalized spacial score (nSPS) is 10.8. The van der Waals surface area contributed by atoms with E-state index in [9.17, 15) is 14.0 Å². The standard InChI is InChI=1S/C15H19FN4O3S/c1-23-8-2-7-20-14(22)18-19-15(20)24-10-13(21)17-9-11-3-5-12(16)6-4-11/h3-6H,2,7-10H2,1H3,(H,17,21)(H,18,22). The van der Waals surface area contributed by atoms with Gasteiger partial charge in [-0.25, -0.2) is 14.3 Å². The van der Waals surface area contributed by atoms with Crippen LogP contribution in [0.2, 0.25) is 0 Å². The summed E-state index contributed by atoms with van der Waals surface area (Å²) in [4.78, 5) is 23.6. The lowest BCUT2D eigenvalue weighted by Gasteiger charge is -2.06. The number of methoxy groups -OCH3 is 1. The van der Waals surface area contributed by atoms with Crippen LogP contribution < -0.4 is 11.0 Å². The maximum Gasteiger partial charge on any atom is 0.343 e. The average Bonchev–Trinajstić information content (AvgIpc) is 2.93. The van der Waals surface area contributed by atoms with E-state index < -0.39 is 0 Å². The number of nitrogens with zero attached hydrogens (tertiary/aromatic N) is 2. The van der Waals surface area contributed by atoms with E-state index in [1.54, 1.807) is 19.2 Å². The Hall–Kier alpha value is -2.13. The van der Waals surface area contributed by atoms with Gasteiger partial charge in [0.1, 0.15) is 5.82 Å². The van der Waals surface area contributed by atoms with Crippen molar-refractivity contribution in [2.45, 2.75) is 24.7 Å². The van der Waals surface area contributed by atoms with E-state index in [0.29, 0.717) is 31.3 Å². The lowest BCUT2D eigenvalue weighted by Crippen LogP contribution is -2.25. The van der Waals surface area contributed by atoms with Gasteiger partial charge in [-0.15, -0.1) is 5.10 Å².